The number of sulfone groups is 1. The monoisotopic (exact) mass is 867 g/mol. The van der Waals surface area contributed by atoms with Crippen LogP contribution in [0.2, 0.25) is 0 Å². The zero-order valence-electron chi connectivity index (χ0n) is 34.0. The van der Waals surface area contributed by atoms with Crippen molar-refractivity contribution in [2.24, 2.45) is 0 Å². The number of halogens is 2. The Morgan fingerprint density at radius 3 is 2.11 bits per heavy atom. The van der Waals surface area contributed by atoms with Gasteiger partial charge in [-0.15, -0.1) is 0 Å². The molecule has 1 fully saturated rings. The number of nitrogens with one attached hydrogen (secondary N) is 1. The molecule has 17 heteroatoms. The van der Waals surface area contributed by atoms with Gasteiger partial charge in [-0.25, -0.2) is 18.4 Å². The Labute approximate surface area is 355 Å². The van der Waals surface area contributed by atoms with Gasteiger partial charge in [0.25, 0.3) is 0 Å². The third-order valence-electron chi connectivity index (χ3n) is 11.0. The van der Waals surface area contributed by atoms with E-state index in [1.807, 2.05) is 56.3 Å². The molecule has 322 valence electrons. The van der Waals surface area contributed by atoms with Gasteiger partial charge in [0.05, 0.1) is 11.5 Å². The number of aliphatic carboxylic acids is 1. The molecule has 1 saturated heterocycles. The first-order chi connectivity index (χ1) is 29.8. The fourth-order valence-electron chi connectivity index (χ4n) is 7.87. The van der Waals surface area contributed by atoms with Gasteiger partial charge < -0.3 is 33.8 Å². The number of likely N-dealkylation sites (tertiary alicyclic amines) is 1. The summed E-state index contributed by atoms with van der Waals surface area (Å²) < 4.78 is 75.0. The summed E-state index contributed by atoms with van der Waals surface area (Å²) in [6.07, 6.45) is 5.10. The fourth-order valence-corrected chi connectivity index (χ4v) is 8.49. The lowest BCUT2D eigenvalue weighted by atomic mass is 9.91. The molecule has 14 nitrogen and oxygen atoms in total. The first kappa shape index (κ1) is 42.4. The van der Waals surface area contributed by atoms with E-state index in [9.17, 15) is 32.2 Å². The van der Waals surface area contributed by atoms with Crippen molar-refractivity contribution in [2.45, 2.75) is 63.9 Å². The molecule has 7 aromatic rings. The molecule has 0 bridgehead atoms. The van der Waals surface area contributed by atoms with Crippen molar-refractivity contribution in [1.29, 1.82) is 0 Å². The van der Waals surface area contributed by atoms with E-state index in [-0.39, 0.29) is 41.9 Å². The van der Waals surface area contributed by atoms with Crippen LogP contribution in [0.3, 0.4) is 0 Å². The number of carbonyl (C=O) groups is 1. The highest BCUT2D eigenvalue weighted by Gasteiger charge is 2.31. The van der Waals surface area contributed by atoms with Crippen molar-refractivity contribution in [2.75, 3.05) is 26.0 Å². The summed E-state index contributed by atoms with van der Waals surface area (Å²) in [5.74, 6) is 0.0820. The summed E-state index contributed by atoms with van der Waals surface area (Å²) in [6.45, 7) is 2.14. The highest BCUT2D eigenvalue weighted by atomic mass is 32.2. The van der Waals surface area contributed by atoms with Gasteiger partial charge in [0.1, 0.15) is 35.2 Å². The number of aliphatic hydroxyl groups excluding tert-OH is 1. The van der Waals surface area contributed by atoms with Gasteiger partial charge in [-0.3, -0.25) is 14.7 Å². The largest absolute Gasteiger partial charge is 0.488 e. The van der Waals surface area contributed by atoms with Gasteiger partial charge in [-0.2, -0.15) is 8.78 Å². The van der Waals surface area contributed by atoms with Crippen LogP contribution in [0.25, 0.3) is 56.2 Å². The Balaban J connectivity index is 1.10. The number of carboxylic acids is 1. The first-order valence-electron chi connectivity index (χ1n) is 19.8. The molecule has 0 aliphatic carbocycles. The number of alkyl halides is 2. The van der Waals surface area contributed by atoms with E-state index in [0.29, 0.717) is 77.4 Å². The van der Waals surface area contributed by atoms with Crippen LogP contribution >= 0.6 is 0 Å². The number of aromatic nitrogens is 3. The van der Waals surface area contributed by atoms with E-state index in [1.54, 1.807) is 23.2 Å². The maximum Gasteiger partial charge on any atom is 0.387 e. The number of oxazole rings is 2. The molecule has 8 rings (SSSR count). The van der Waals surface area contributed by atoms with E-state index in [0.717, 1.165) is 39.6 Å². The van der Waals surface area contributed by atoms with E-state index in [2.05, 4.69) is 10.3 Å². The number of rotatable bonds is 16. The quantitative estimate of drug-likeness (QED) is 0.0801. The number of hydrogen-bond donors (Lipinski definition) is 3. The van der Waals surface area contributed by atoms with E-state index < -0.39 is 28.5 Å². The Kier molecular flexibility index (Phi) is 12.0. The van der Waals surface area contributed by atoms with Gasteiger partial charge in [0, 0.05) is 78.2 Å². The van der Waals surface area contributed by atoms with Gasteiger partial charge in [0.2, 0.25) is 11.8 Å². The van der Waals surface area contributed by atoms with Crippen molar-refractivity contribution in [3.05, 3.63) is 107 Å². The summed E-state index contributed by atoms with van der Waals surface area (Å²) in [7, 11) is -3.46. The number of nitrogens with zero attached hydrogens (tertiary/aromatic N) is 4. The molecule has 3 N–H and O–H groups in total. The van der Waals surface area contributed by atoms with Crippen LogP contribution in [0.4, 0.5) is 8.78 Å². The Hall–Kier alpha value is -6.27. The summed E-state index contributed by atoms with van der Waals surface area (Å²) >= 11 is 0. The molecule has 4 heterocycles. The van der Waals surface area contributed by atoms with Crippen molar-refractivity contribution >= 4 is 38.0 Å². The summed E-state index contributed by atoms with van der Waals surface area (Å²) in [5.41, 5.74) is 8.37. The van der Waals surface area contributed by atoms with Gasteiger partial charge in [0.15, 0.2) is 21.0 Å². The third-order valence-corrected chi connectivity index (χ3v) is 12.1. The highest BCUT2D eigenvalue weighted by molar-refractivity contribution is 7.90. The van der Waals surface area contributed by atoms with E-state index in [1.165, 1.54) is 18.3 Å². The lowest BCUT2D eigenvalue weighted by molar-refractivity contribution is -0.142. The molecule has 0 radical (unpaired) electrons. The van der Waals surface area contributed by atoms with Crippen LogP contribution in [-0.4, -0.2) is 83.1 Å². The smallest absolute Gasteiger partial charge is 0.387 e. The molecule has 4 aromatic carbocycles. The minimum Gasteiger partial charge on any atom is -0.488 e. The summed E-state index contributed by atoms with van der Waals surface area (Å²) in [6, 6.07) is 19.0. The Morgan fingerprint density at radius 2 is 1.52 bits per heavy atom. The summed E-state index contributed by atoms with van der Waals surface area (Å²) in [5, 5.41) is 22.3. The Bertz CT molecular complexity index is 2920. The molecule has 0 saturated carbocycles. The van der Waals surface area contributed by atoms with Gasteiger partial charge >= 0.3 is 12.6 Å². The molecule has 0 spiro atoms. The van der Waals surface area contributed by atoms with Crippen LogP contribution in [0, 0.1) is 13.8 Å². The van der Waals surface area contributed by atoms with Crippen LogP contribution in [0.1, 0.15) is 40.7 Å². The number of fused-ring (bicyclic) bond motifs is 2. The standard InChI is InChI=1S/C45H43F2N5O9S/c1-25-31(32-8-5-10-34(26(32)2)43-51-36-17-29(23-52-13-6-11-37(52)44(54)55)39(61-45(46)47)19-41(36)60-43)7-4-9-33(25)42-50-35-16-28(21-48-12-14-53)38(18-40(35)59-42)58-24-27-15-30(22-49-20-27)62(3,56)57/h4-5,7-10,15-20,22,37,45,48,53H,6,11-14,21,23-24H2,1-3H3,(H,54,55)/t37-/m0/s1. The number of aliphatic hydroxyl groups is 1. The van der Waals surface area contributed by atoms with Crippen LogP contribution in [0.5, 0.6) is 11.5 Å². The molecule has 62 heavy (non-hydrogen) atoms. The number of hydrogen-bond acceptors (Lipinski definition) is 13. The fraction of sp³-hybridized carbons (Fsp3) is 0.289. The molecule has 0 amide bonds. The van der Waals surface area contributed by atoms with Crippen LogP contribution in [0.15, 0.2) is 92.9 Å². The maximum absolute atomic E-state index is 13.6. The molecule has 1 atom stereocenters. The second-order valence-corrected chi connectivity index (χ2v) is 17.2. The van der Waals surface area contributed by atoms with Crippen molar-refractivity contribution in [3.63, 3.8) is 0 Å². The minimum atomic E-state index is -3.46. The topological polar surface area (TPSA) is 190 Å². The van der Waals surface area contributed by atoms with Crippen molar-refractivity contribution < 1.29 is 50.5 Å². The molecule has 1 aliphatic heterocycles. The van der Waals surface area contributed by atoms with Gasteiger partial charge in [-0.1, -0.05) is 24.3 Å². The van der Waals surface area contributed by atoms with Crippen molar-refractivity contribution in [3.8, 4) is 45.5 Å². The molecular formula is C45H43F2N5O9S. The average molecular weight is 868 g/mol. The number of carboxylic acid groups (broad SMARTS) is 1. The average Bonchev–Trinajstić information content (AvgIpc) is 3.98. The Morgan fingerprint density at radius 1 is 0.903 bits per heavy atom. The van der Waals surface area contributed by atoms with E-state index in [4.69, 9.17) is 28.3 Å². The van der Waals surface area contributed by atoms with Crippen LogP contribution in [-0.2, 0) is 34.3 Å². The second-order valence-electron chi connectivity index (χ2n) is 15.2. The lowest BCUT2D eigenvalue weighted by Gasteiger charge is -2.22. The number of ether oxygens (including phenoxy) is 2. The number of pyridine rings is 1. The molecule has 0 unspecified atom stereocenters. The van der Waals surface area contributed by atoms with E-state index >= 15 is 0 Å². The number of benzene rings is 4. The zero-order valence-corrected chi connectivity index (χ0v) is 34.8. The normalized spacial score (nSPS) is 14.7. The van der Waals surface area contributed by atoms with Crippen LogP contribution < -0.4 is 14.8 Å². The third kappa shape index (κ3) is 8.88. The SMILES string of the molecule is Cc1c(-c2nc3cc(CNCCO)c(OCc4cncc(S(C)(=O)=O)c4)cc3o2)cccc1-c1cccc(-c2nc3cc(CN4CCC[C@H]4C(=O)O)c(OC(F)F)cc3o2)c1C. The minimum absolute atomic E-state index is 0.0435. The maximum atomic E-state index is 13.6. The summed E-state index contributed by atoms with van der Waals surface area (Å²) in [4.78, 5) is 27.3. The zero-order chi connectivity index (χ0) is 43.7. The molecule has 1 aliphatic rings. The predicted molar refractivity (Wildman–Crippen MR) is 226 cm³/mol. The predicted octanol–water partition coefficient (Wildman–Crippen LogP) is 7.70. The highest BCUT2D eigenvalue weighted by Crippen LogP contribution is 2.40. The molecular weight excluding hydrogens is 825 g/mol. The van der Waals surface area contributed by atoms with Gasteiger partial charge in [-0.05, 0) is 85.8 Å². The van der Waals surface area contributed by atoms with Crippen molar-refractivity contribution in [1.82, 2.24) is 25.2 Å². The lowest BCUT2D eigenvalue weighted by Crippen LogP contribution is -2.35. The molecule has 3 aromatic heterocycles. The second kappa shape index (κ2) is 17.6. The first-order valence-corrected chi connectivity index (χ1v) is 21.7.